The lowest BCUT2D eigenvalue weighted by Crippen LogP contribution is -2.25. The van der Waals surface area contributed by atoms with Crippen molar-refractivity contribution in [3.63, 3.8) is 0 Å². The number of amides is 1. The maximum absolute atomic E-state index is 12.6. The van der Waals surface area contributed by atoms with Crippen molar-refractivity contribution in [1.82, 2.24) is 19.9 Å². The fraction of sp³-hybridized carbons (Fsp3) is 0.350. The van der Waals surface area contributed by atoms with Crippen LogP contribution in [-0.2, 0) is 7.05 Å². The van der Waals surface area contributed by atoms with Gasteiger partial charge in [0.1, 0.15) is 16.5 Å². The van der Waals surface area contributed by atoms with Gasteiger partial charge in [-0.3, -0.25) is 4.79 Å². The molecule has 1 fully saturated rings. The van der Waals surface area contributed by atoms with Gasteiger partial charge in [0.05, 0.1) is 5.52 Å². The quantitative estimate of drug-likeness (QED) is 0.598. The van der Waals surface area contributed by atoms with E-state index in [-0.39, 0.29) is 5.91 Å². The molecule has 5 nitrogen and oxygen atoms in total. The third kappa shape index (κ3) is 3.80. The number of nitrogens with zero attached hydrogens (tertiary/aromatic N) is 3. The minimum Gasteiger partial charge on any atom is -0.351 e. The fourth-order valence-electron chi connectivity index (χ4n) is 3.20. The van der Waals surface area contributed by atoms with Crippen molar-refractivity contribution in [2.24, 2.45) is 13.0 Å². The molecule has 1 saturated carbocycles. The lowest BCUT2D eigenvalue weighted by molar-refractivity contribution is 0.0948. The first-order chi connectivity index (χ1) is 13.0. The van der Waals surface area contributed by atoms with E-state index in [0.29, 0.717) is 28.4 Å². The number of carbonyl (C=O) groups is 1. The van der Waals surface area contributed by atoms with E-state index in [4.69, 9.17) is 23.2 Å². The first kappa shape index (κ1) is 18.3. The molecule has 0 saturated heterocycles. The number of aromatic nitrogens is 3. The summed E-state index contributed by atoms with van der Waals surface area (Å²) in [5.74, 6) is 0.680. The number of nitrogens with one attached hydrogen (secondary N) is 1. The van der Waals surface area contributed by atoms with Crippen LogP contribution in [0.3, 0.4) is 0 Å². The van der Waals surface area contributed by atoms with Gasteiger partial charge >= 0.3 is 0 Å². The van der Waals surface area contributed by atoms with Crippen LogP contribution in [0.25, 0.3) is 22.2 Å². The summed E-state index contributed by atoms with van der Waals surface area (Å²) in [6.07, 6.45) is 4.84. The van der Waals surface area contributed by atoms with Gasteiger partial charge in [0.25, 0.3) is 5.91 Å². The molecule has 0 aliphatic heterocycles. The van der Waals surface area contributed by atoms with Crippen LogP contribution < -0.4 is 5.32 Å². The van der Waals surface area contributed by atoms with Crippen LogP contribution in [0.5, 0.6) is 0 Å². The molecule has 0 spiro atoms. The van der Waals surface area contributed by atoms with Crippen molar-refractivity contribution in [3.05, 3.63) is 46.5 Å². The molecule has 7 heteroatoms. The molecule has 1 aromatic carbocycles. The summed E-state index contributed by atoms with van der Waals surface area (Å²) in [5.41, 5.74) is 2.37. The molecular weight excluding hydrogens is 383 g/mol. The van der Waals surface area contributed by atoms with E-state index in [1.54, 1.807) is 17.7 Å². The topological polar surface area (TPSA) is 59.8 Å². The van der Waals surface area contributed by atoms with Gasteiger partial charge in [-0.25, -0.2) is 9.97 Å². The van der Waals surface area contributed by atoms with Crippen LogP contribution in [0.1, 0.15) is 36.2 Å². The van der Waals surface area contributed by atoms with Crippen molar-refractivity contribution >= 4 is 40.0 Å². The highest BCUT2D eigenvalue weighted by Crippen LogP contribution is 2.35. The predicted molar refractivity (Wildman–Crippen MR) is 108 cm³/mol. The number of fused-ring (bicyclic) bond motifs is 1. The zero-order valence-electron chi connectivity index (χ0n) is 15.0. The highest BCUT2D eigenvalue weighted by molar-refractivity contribution is 6.35. The Bertz CT molecular complexity index is 1010. The predicted octanol–water partition coefficient (Wildman–Crippen LogP) is 4.86. The smallest absolute Gasteiger partial charge is 0.269 e. The summed E-state index contributed by atoms with van der Waals surface area (Å²) in [4.78, 5) is 21.5. The molecule has 0 radical (unpaired) electrons. The van der Waals surface area contributed by atoms with Gasteiger partial charge < -0.3 is 9.88 Å². The van der Waals surface area contributed by atoms with Gasteiger partial charge in [0.2, 0.25) is 5.28 Å². The molecule has 1 N–H and O–H groups in total. The number of hydrogen-bond donors (Lipinski definition) is 1. The molecule has 140 valence electrons. The average molecular weight is 403 g/mol. The summed E-state index contributed by atoms with van der Waals surface area (Å²) in [7, 11) is 1.75. The number of pyridine rings is 1. The minimum atomic E-state index is -0.184. The van der Waals surface area contributed by atoms with Gasteiger partial charge in [0.15, 0.2) is 0 Å². The zero-order valence-corrected chi connectivity index (χ0v) is 16.5. The van der Waals surface area contributed by atoms with Crippen LogP contribution in [0.2, 0.25) is 10.4 Å². The third-order valence-electron chi connectivity index (χ3n) is 4.95. The van der Waals surface area contributed by atoms with Gasteiger partial charge in [-0.2, -0.15) is 0 Å². The monoisotopic (exact) mass is 402 g/mol. The Labute approximate surface area is 167 Å². The number of halogens is 2. The molecule has 4 rings (SSSR count). The number of carbonyl (C=O) groups excluding carboxylic acids is 1. The number of benzene rings is 1. The van der Waals surface area contributed by atoms with E-state index >= 15 is 0 Å². The van der Waals surface area contributed by atoms with Crippen molar-refractivity contribution in [2.75, 3.05) is 6.54 Å². The van der Waals surface area contributed by atoms with E-state index < -0.39 is 0 Å². The largest absolute Gasteiger partial charge is 0.351 e. The lowest BCUT2D eigenvalue weighted by atomic mass is 10.0. The molecule has 2 heterocycles. The van der Waals surface area contributed by atoms with Crippen LogP contribution in [0.4, 0.5) is 0 Å². The molecule has 0 atom stereocenters. The maximum Gasteiger partial charge on any atom is 0.269 e. The van der Waals surface area contributed by atoms with E-state index in [1.807, 2.05) is 24.3 Å². The first-order valence-electron chi connectivity index (χ1n) is 9.10. The number of hydrogen-bond acceptors (Lipinski definition) is 3. The summed E-state index contributed by atoms with van der Waals surface area (Å²) in [6.45, 7) is 0.662. The second-order valence-electron chi connectivity index (χ2n) is 6.99. The maximum atomic E-state index is 12.6. The molecule has 0 unspecified atom stereocenters. The molecule has 0 bridgehead atoms. The Morgan fingerprint density at radius 2 is 2.04 bits per heavy atom. The molecule has 3 aromatic rings. The summed E-state index contributed by atoms with van der Waals surface area (Å²) < 4.78 is 1.60. The average Bonchev–Trinajstić information content (AvgIpc) is 3.47. The Hall–Kier alpha value is -2.11. The van der Waals surface area contributed by atoms with Crippen molar-refractivity contribution in [2.45, 2.75) is 25.7 Å². The van der Waals surface area contributed by atoms with E-state index in [9.17, 15) is 4.79 Å². The van der Waals surface area contributed by atoms with Crippen LogP contribution in [0, 0.1) is 5.92 Å². The van der Waals surface area contributed by atoms with Crippen molar-refractivity contribution < 1.29 is 4.79 Å². The van der Waals surface area contributed by atoms with Crippen LogP contribution in [-0.4, -0.2) is 27.0 Å². The van der Waals surface area contributed by atoms with Crippen molar-refractivity contribution in [3.8, 4) is 11.3 Å². The Kier molecular flexibility index (Phi) is 5.06. The minimum absolute atomic E-state index is 0.184. The Balaban J connectivity index is 1.67. The second kappa shape index (κ2) is 7.49. The molecule has 1 aliphatic carbocycles. The van der Waals surface area contributed by atoms with Gasteiger partial charge in [-0.05, 0) is 42.5 Å². The van der Waals surface area contributed by atoms with Crippen LogP contribution >= 0.6 is 23.2 Å². The normalized spacial score (nSPS) is 13.9. The SMILES string of the molecule is Cn1c(Cl)nc(-c2cc(C(=O)NCCCC3CC3)nc3ccccc23)c1Cl. The van der Waals surface area contributed by atoms with Gasteiger partial charge in [0, 0.05) is 24.5 Å². The molecule has 27 heavy (non-hydrogen) atoms. The highest BCUT2D eigenvalue weighted by Gasteiger charge is 2.21. The standard InChI is InChI=1S/C20H20Cl2N4O/c1-26-18(21)17(25-20(26)22)14-11-16(24-15-7-3-2-6-13(14)15)19(27)23-10-4-5-12-8-9-12/h2-3,6-7,11-12H,4-5,8-10H2,1H3,(H,23,27). The Morgan fingerprint density at radius 1 is 1.26 bits per heavy atom. The fourth-order valence-corrected chi connectivity index (χ4v) is 3.64. The molecular formula is C20H20Cl2N4O. The lowest BCUT2D eigenvalue weighted by Gasteiger charge is -2.09. The Morgan fingerprint density at radius 3 is 2.74 bits per heavy atom. The van der Waals surface area contributed by atoms with E-state index in [2.05, 4.69) is 15.3 Å². The van der Waals surface area contributed by atoms with E-state index in [0.717, 1.165) is 28.8 Å². The summed E-state index contributed by atoms with van der Waals surface area (Å²) >= 11 is 12.5. The number of rotatable bonds is 6. The highest BCUT2D eigenvalue weighted by atomic mass is 35.5. The van der Waals surface area contributed by atoms with Crippen molar-refractivity contribution in [1.29, 1.82) is 0 Å². The zero-order chi connectivity index (χ0) is 19.0. The molecule has 1 aliphatic rings. The number of imidazole rings is 1. The third-order valence-corrected chi connectivity index (χ3v) is 5.72. The second-order valence-corrected chi connectivity index (χ2v) is 7.69. The summed E-state index contributed by atoms with van der Waals surface area (Å²) in [6, 6.07) is 9.37. The first-order valence-corrected chi connectivity index (χ1v) is 9.86. The number of para-hydroxylation sites is 1. The van der Waals surface area contributed by atoms with Crippen LogP contribution in [0.15, 0.2) is 30.3 Å². The summed E-state index contributed by atoms with van der Waals surface area (Å²) in [5, 5.41) is 4.56. The van der Waals surface area contributed by atoms with Gasteiger partial charge in [-0.1, -0.05) is 42.6 Å². The molecule has 2 aromatic heterocycles. The molecule has 1 amide bonds. The van der Waals surface area contributed by atoms with E-state index in [1.165, 1.54) is 19.3 Å². The van der Waals surface area contributed by atoms with Gasteiger partial charge in [-0.15, -0.1) is 0 Å².